The number of primary amides is 1. The number of aliphatic hydroxyl groups excluding tert-OH is 3. The number of rotatable bonds is 28. The van der Waals surface area contributed by atoms with Gasteiger partial charge in [-0.1, -0.05) is 32.0 Å². The number of fused-ring (bicyclic) bond motifs is 1. The first-order valence-corrected chi connectivity index (χ1v) is 21.7. The number of aliphatic hydroxyl groups is 3. The van der Waals surface area contributed by atoms with Gasteiger partial charge in [-0.05, 0) is 37.3 Å². The summed E-state index contributed by atoms with van der Waals surface area (Å²) in [7, 11) is 0. The van der Waals surface area contributed by atoms with Crippen molar-refractivity contribution in [2.45, 2.75) is 94.5 Å². The molecule has 2 rings (SSSR count). The number of nitrogens with one attached hydrogen (secondary N) is 9. The van der Waals surface area contributed by atoms with Crippen LogP contribution >= 0.6 is 25.3 Å². The Morgan fingerprint density at radius 2 is 1.12 bits per heavy atom. The third-order valence-electron chi connectivity index (χ3n) is 9.75. The van der Waals surface area contributed by atoms with Crippen LogP contribution in [0.3, 0.4) is 0 Å². The number of carbonyl (C=O) groups is 10. The van der Waals surface area contributed by atoms with E-state index in [0.717, 1.165) is 23.4 Å². The van der Waals surface area contributed by atoms with Crippen molar-refractivity contribution in [2.24, 2.45) is 17.4 Å². The van der Waals surface area contributed by atoms with Crippen LogP contribution in [0, 0.1) is 5.92 Å². The first kappa shape index (κ1) is 56.1. The summed E-state index contributed by atoms with van der Waals surface area (Å²) in [6.45, 7) is 1.41. The molecule has 25 nitrogen and oxygen atoms in total. The van der Waals surface area contributed by atoms with E-state index in [4.69, 9.17) is 16.6 Å². The van der Waals surface area contributed by atoms with Crippen LogP contribution in [0.1, 0.15) is 39.2 Å². The Balaban J connectivity index is 2.12. The molecular formula is C39H59N11O14S2. The lowest BCUT2D eigenvalue weighted by molar-refractivity contribution is -0.139. The van der Waals surface area contributed by atoms with E-state index in [1.165, 1.54) is 13.8 Å². The number of para-hydroxylation sites is 1. The molecule has 2 aromatic rings. The predicted molar refractivity (Wildman–Crippen MR) is 241 cm³/mol. The summed E-state index contributed by atoms with van der Waals surface area (Å²) in [6.07, 6.45) is -0.671. The first-order valence-electron chi connectivity index (χ1n) is 20.4. The third kappa shape index (κ3) is 17.4. The zero-order chi connectivity index (χ0) is 49.8. The maximum absolute atomic E-state index is 13.5. The van der Waals surface area contributed by atoms with E-state index in [0.29, 0.717) is 0 Å². The highest BCUT2D eigenvalue weighted by Crippen LogP contribution is 2.19. The van der Waals surface area contributed by atoms with Crippen molar-refractivity contribution >= 4 is 95.3 Å². The summed E-state index contributed by atoms with van der Waals surface area (Å²) in [5, 5.41) is 58.1. The largest absolute Gasteiger partial charge is 0.480 e. The molecule has 0 saturated heterocycles. The van der Waals surface area contributed by atoms with E-state index < -0.39 is 158 Å². The molecule has 0 aliphatic rings. The number of aliphatic carboxylic acids is 1. The second-order valence-corrected chi connectivity index (χ2v) is 16.0. The number of benzene rings is 1. The minimum Gasteiger partial charge on any atom is -0.480 e. The van der Waals surface area contributed by atoms with Gasteiger partial charge in [0.15, 0.2) is 0 Å². The van der Waals surface area contributed by atoms with Crippen molar-refractivity contribution in [3.8, 4) is 0 Å². The lowest BCUT2D eigenvalue weighted by Gasteiger charge is -2.29. The number of thiol groups is 2. The Hall–Kier alpha value is -6.00. The zero-order valence-electron chi connectivity index (χ0n) is 36.2. The number of amides is 9. The molecule has 27 heteroatoms. The molecular weight excluding hydrogens is 911 g/mol. The van der Waals surface area contributed by atoms with Crippen LogP contribution in [-0.2, 0) is 54.4 Å². The quantitative estimate of drug-likeness (QED) is 0.0353. The van der Waals surface area contributed by atoms with Gasteiger partial charge in [0, 0.05) is 35.0 Å². The number of nitrogens with two attached hydrogens (primary N) is 2. The third-order valence-corrected chi connectivity index (χ3v) is 10.5. The number of H-pyrrole nitrogens is 1. The topological polar surface area (TPSA) is 416 Å². The molecule has 9 atom stereocenters. The zero-order valence-corrected chi connectivity index (χ0v) is 38.0. The molecule has 9 unspecified atom stereocenters. The monoisotopic (exact) mass is 969 g/mol. The Morgan fingerprint density at radius 3 is 1.67 bits per heavy atom. The first-order chi connectivity index (χ1) is 31.1. The number of carbonyl (C=O) groups excluding carboxylic acids is 9. The number of hydrogen-bond acceptors (Lipinski definition) is 16. The molecule has 0 spiro atoms. The van der Waals surface area contributed by atoms with E-state index in [-0.39, 0.29) is 12.2 Å². The van der Waals surface area contributed by atoms with E-state index in [1.807, 2.05) is 18.2 Å². The molecule has 0 radical (unpaired) electrons. The van der Waals surface area contributed by atoms with Crippen LogP contribution in [0.25, 0.3) is 10.9 Å². The minimum absolute atomic E-state index is 0.0605. The van der Waals surface area contributed by atoms with Gasteiger partial charge in [-0.15, -0.1) is 0 Å². The van der Waals surface area contributed by atoms with E-state index in [1.54, 1.807) is 12.3 Å². The molecule has 0 aliphatic carbocycles. The van der Waals surface area contributed by atoms with Gasteiger partial charge >= 0.3 is 5.97 Å². The number of carboxylic acids is 1. The smallest absolute Gasteiger partial charge is 0.322 e. The Morgan fingerprint density at radius 1 is 0.652 bits per heavy atom. The molecule has 1 aromatic carbocycles. The molecule has 17 N–H and O–H groups in total. The van der Waals surface area contributed by atoms with E-state index in [2.05, 4.69) is 72.8 Å². The fourth-order valence-electron chi connectivity index (χ4n) is 6.04. The summed E-state index contributed by atoms with van der Waals surface area (Å²) in [4.78, 5) is 131. The second-order valence-electron chi connectivity index (χ2n) is 15.3. The highest BCUT2D eigenvalue weighted by molar-refractivity contribution is 7.80. The number of aromatic nitrogens is 1. The van der Waals surface area contributed by atoms with Crippen molar-refractivity contribution < 1.29 is 68.4 Å². The van der Waals surface area contributed by atoms with E-state index in [9.17, 15) is 63.3 Å². The second kappa shape index (κ2) is 27.5. The number of hydrogen-bond donors (Lipinski definition) is 17. The number of aromatic amines is 1. The van der Waals surface area contributed by atoms with Crippen LogP contribution in [-0.4, -0.2) is 170 Å². The Kier molecular flexibility index (Phi) is 23.4. The summed E-state index contributed by atoms with van der Waals surface area (Å²) < 4.78 is 0. The summed E-state index contributed by atoms with van der Waals surface area (Å²) in [5.74, 6) is -11.8. The van der Waals surface area contributed by atoms with Crippen molar-refractivity contribution in [2.75, 3.05) is 31.3 Å². The Labute approximate surface area is 389 Å². The Bertz CT molecular complexity index is 2060. The summed E-state index contributed by atoms with van der Waals surface area (Å²) >= 11 is 8.07. The maximum Gasteiger partial charge on any atom is 0.322 e. The highest BCUT2D eigenvalue weighted by Gasteiger charge is 2.36. The van der Waals surface area contributed by atoms with Gasteiger partial charge in [0.1, 0.15) is 48.8 Å². The normalized spacial score (nSPS) is 15.2. The standard InChI is InChI=1S/C39H59N11O14S2/c1-17(2)30(38(63)50-31(18(3)53)39(64)48-26(15-65)33(58)43-12-29(55)56)49-36(61)25(14-52)46-37(62)27(16-66)47-34(59)23(8-9-28(41)54)44-35(60)24(13-51)45-32(57)21(40)10-19-11-42-22-7-5-4-6-20(19)22/h4-7,11,17-18,21,23-27,30-31,42,51-53,65-66H,8-10,12-16,40H2,1-3H3,(H2,41,54)(H,43,58)(H,44,60)(H,45,57)(H,46,62)(H,47,59)(H,48,64)(H,49,61)(H,50,63)(H,55,56). The fourth-order valence-corrected chi connectivity index (χ4v) is 6.56. The lowest BCUT2D eigenvalue weighted by atomic mass is 10.0. The van der Waals surface area contributed by atoms with Gasteiger partial charge in [0.2, 0.25) is 53.2 Å². The summed E-state index contributed by atoms with van der Waals surface area (Å²) in [5.41, 5.74) is 12.9. The van der Waals surface area contributed by atoms with Crippen molar-refractivity contribution in [3.05, 3.63) is 36.0 Å². The summed E-state index contributed by atoms with van der Waals surface area (Å²) in [6, 6.07) is -4.94. The van der Waals surface area contributed by atoms with Crippen molar-refractivity contribution in [3.63, 3.8) is 0 Å². The predicted octanol–water partition coefficient (Wildman–Crippen LogP) is -6.22. The van der Waals surface area contributed by atoms with Crippen LogP contribution in [0.2, 0.25) is 0 Å². The minimum atomic E-state index is -1.76. The average molecular weight is 970 g/mol. The van der Waals surface area contributed by atoms with Gasteiger partial charge in [-0.3, -0.25) is 47.9 Å². The number of carboxylic acid groups (broad SMARTS) is 1. The molecule has 1 aromatic heterocycles. The fraction of sp³-hybridized carbons (Fsp3) is 0.538. The molecule has 1 heterocycles. The molecule has 66 heavy (non-hydrogen) atoms. The maximum atomic E-state index is 13.5. The molecule has 0 aliphatic heterocycles. The van der Waals surface area contributed by atoms with Gasteiger partial charge in [0.05, 0.1) is 25.4 Å². The van der Waals surface area contributed by atoms with Gasteiger partial charge in [-0.25, -0.2) is 0 Å². The van der Waals surface area contributed by atoms with Crippen LogP contribution in [0.5, 0.6) is 0 Å². The SMILES string of the molecule is CC(C)C(NC(=O)C(CO)NC(=O)C(CS)NC(=O)C(CCC(N)=O)NC(=O)C(CO)NC(=O)C(N)Cc1c[nH]c2ccccc12)C(=O)NC(C(=O)NC(CS)C(=O)NCC(=O)O)C(C)O. The van der Waals surface area contributed by atoms with Crippen molar-refractivity contribution in [1.82, 2.24) is 47.5 Å². The van der Waals surface area contributed by atoms with Crippen molar-refractivity contribution in [1.29, 1.82) is 0 Å². The molecule has 0 fully saturated rings. The van der Waals surface area contributed by atoms with Crippen LogP contribution < -0.4 is 54.0 Å². The van der Waals surface area contributed by atoms with E-state index >= 15 is 0 Å². The molecule has 0 saturated carbocycles. The lowest BCUT2D eigenvalue weighted by Crippen LogP contribution is -2.63. The molecule has 9 amide bonds. The average Bonchev–Trinajstić information content (AvgIpc) is 3.68. The van der Waals surface area contributed by atoms with Gasteiger partial charge in [0.25, 0.3) is 0 Å². The molecule has 366 valence electrons. The van der Waals surface area contributed by atoms with Crippen LogP contribution in [0.15, 0.2) is 30.5 Å². The van der Waals surface area contributed by atoms with Gasteiger partial charge < -0.3 is 79.4 Å². The molecule has 0 bridgehead atoms. The van der Waals surface area contributed by atoms with Gasteiger partial charge in [-0.2, -0.15) is 25.3 Å². The van der Waals surface area contributed by atoms with Crippen LogP contribution in [0.4, 0.5) is 0 Å². The highest BCUT2D eigenvalue weighted by atomic mass is 32.1.